The minimum Gasteiger partial charge on any atom is -0.353 e. The summed E-state index contributed by atoms with van der Waals surface area (Å²) < 4.78 is 2.05. The van der Waals surface area contributed by atoms with E-state index in [1.54, 1.807) is 0 Å². The molecule has 1 fully saturated rings. The van der Waals surface area contributed by atoms with Gasteiger partial charge in [0.1, 0.15) is 6.54 Å². The third kappa shape index (κ3) is 7.87. The van der Waals surface area contributed by atoms with Crippen molar-refractivity contribution in [2.45, 2.75) is 79.8 Å². The molecule has 1 aliphatic rings. The summed E-state index contributed by atoms with van der Waals surface area (Å²) in [6.45, 7) is 14.5. The van der Waals surface area contributed by atoms with Crippen molar-refractivity contribution >= 4 is 11.8 Å². The van der Waals surface area contributed by atoms with Crippen LogP contribution in [0.5, 0.6) is 0 Å². The van der Waals surface area contributed by atoms with Crippen LogP contribution in [0, 0.1) is 17.3 Å². The molecule has 29 heavy (non-hydrogen) atoms. The van der Waals surface area contributed by atoms with E-state index >= 15 is 0 Å². The highest BCUT2D eigenvalue weighted by Gasteiger charge is 2.35. The first kappa shape index (κ1) is 23.5. The quantitative estimate of drug-likeness (QED) is 0.579. The molecule has 1 aliphatic carbocycles. The zero-order chi connectivity index (χ0) is 21.8. The van der Waals surface area contributed by atoms with Gasteiger partial charge in [0.2, 0.25) is 11.8 Å². The van der Waals surface area contributed by atoms with E-state index in [-0.39, 0.29) is 29.8 Å². The fourth-order valence-electron chi connectivity index (χ4n) is 4.14. The Balaban J connectivity index is 2.03. The lowest BCUT2D eigenvalue weighted by atomic mass is 9.84. The maximum Gasteiger partial charge on any atom is 0.242 e. The van der Waals surface area contributed by atoms with Gasteiger partial charge < -0.3 is 14.4 Å². The number of nitrogens with zero attached hydrogens (tertiary/aromatic N) is 3. The van der Waals surface area contributed by atoms with Gasteiger partial charge >= 0.3 is 0 Å². The van der Waals surface area contributed by atoms with Gasteiger partial charge in [-0.05, 0) is 48.6 Å². The number of carbonyl (C=O) groups excluding carboxylic acids is 2. The van der Waals surface area contributed by atoms with Crippen molar-refractivity contribution in [2.24, 2.45) is 24.3 Å². The van der Waals surface area contributed by atoms with Gasteiger partial charge in [-0.3, -0.25) is 9.59 Å². The third-order valence-electron chi connectivity index (χ3n) is 5.44. The van der Waals surface area contributed by atoms with E-state index < -0.39 is 0 Å². The largest absolute Gasteiger partial charge is 0.353 e. The lowest BCUT2D eigenvalue weighted by Crippen LogP contribution is -2.45. The van der Waals surface area contributed by atoms with Crippen LogP contribution >= 0.6 is 0 Å². The van der Waals surface area contributed by atoms with Crippen LogP contribution in [0.3, 0.4) is 0 Å². The van der Waals surface area contributed by atoms with Crippen LogP contribution in [0.2, 0.25) is 0 Å². The summed E-state index contributed by atoms with van der Waals surface area (Å²) in [5.74, 6) is 0.912. The van der Waals surface area contributed by atoms with Gasteiger partial charge in [0, 0.05) is 37.9 Å². The van der Waals surface area contributed by atoms with Crippen molar-refractivity contribution in [3.63, 3.8) is 0 Å². The van der Waals surface area contributed by atoms with E-state index in [2.05, 4.69) is 52.2 Å². The molecule has 1 saturated carbocycles. The van der Waals surface area contributed by atoms with Crippen molar-refractivity contribution in [3.05, 3.63) is 24.0 Å². The Kier molecular flexibility index (Phi) is 7.95. The number of amides is 2. The number of aryl methyl sites for hydroxylation is 1. The summed E-state index contributed by atoms with van der Waals surface area (Å²) in [5, 5.41) is 0. The van der Waals surface area contributed by atoms with Gasteiger partial charge in [-0.2, -0.15) is 0 Å². The van der Waals surface area contributed by atoms with E-state index in [1.165, 1.54) is 0 Å². The molecular formula is C24H41N3O2. The van der Waals surface area contributed by atoms with Crippen LogP contribution in [-0.2, 0) is 23.2 Å². The second-order valence-corrected chi connectivity index (χ2v) is 10.6. The second-order valence-electron chi connectivity index (χ2n) is 10.6. The summed E-state index contributed by atoms with van der Waals surface area (Å²) >= 11 is 0. The summed E-state index contributed by atoms with van der Waals surface area (Å²) in [6.07, 6.45) is 5.59. The van der Waals surface area contributed by atoms with Crippen molar-refractivity contribution < 1.29 is 9.59 Å². The molecule has 0 aliphatic heterocycles. The highest BCUT2D eigenvalue weighted by Crippen LogP contribution is 2.30. The van der Waals surface area contributed by atoms with Gasteiger partial charge in [0.05, 0.1) is 6.54 Å². The molecule has 1 heterocycles. The third-order valence-corrected chi connectivity index (χ3v) is 5.44. The van der Waals surface area contributed by atoms with Gasteiger partial charge in [-0.1, -0.05) is 41.5 Å². The zero-order valence-electron chi connectivity index (χ0n) is 19.6. The predicted octanol–water partition coefficient (Wildman–Crippen LogP) is 4.46. The van der Waals surface area contributed by atoms with Gasteiger partial charge in [0.25, 0.3) is 0 Å². The van der Waals surface area contributed by atoms with Crippen LogP contribution < -0.4 is 0 Å². The lowest BCUT2D eigenvalue weighted by molar-refractivity contribution is -0.142. The Labute approximate surface area is 177 Å². The van der Waals surface area contributed by atoms with E-state index in [9.17, 15) is 9.59 Å². The van der Waals surface area contributed by atoms with Crippen molar-refractivity contribution in [1.29, 1.82) is 0 Å². The fraction of sp³-hybridized carbons (Fsp3) is 0.750. The molecule has 0 bridgehead atoms. The first-order chi connectivity index (χ1) is 13.5. The van der Waals surface area contributed by atoms with E-state index in [1.807, 2.05) is 29.1 Å². The molecule has 0 saturated heterocycles. The molecule has 2 amide bonds. The molecule has 1 aromatic rings. The number of hydrogen-bond donors (Lipinski definition) is 0. The minimum atomic E-state index is 0.0589. The van der Waals surface area contributed by atoms with Crippen molar-refractivity contribution in [1.82, 2.24) is 14.4 Å². The average Bonchev–Trinajstić information content (AvgIpc) is 3.32. The molecule has 0 aromatic carbocycles. The summed E-state index contributed by atoms with van der Waals surface area (Å²) in [6, 6.07) is 4.31. The molecule has 0 N–H and O–H groups in total. The summed E-state index contributed by atoms with van der Waals surface area (Å²) in [4.78, 5) is 30.0. The minimum absolute atomic E-state index is 0.0589. The second kappa shape index (κ2) is 9.82. The molecule has 5 heteroatoms. The van der Waals surface area contributed by atoms with E-state index in [4.69, 9.17) is 0 Å². The van der Waals surface area contributed by atoms with Gasteiger partial charge in [-0.25, -0.2) is 0 Å². The van der Waals surface area contributed by atoms with Crippen LogP contribution in [0.1, 0.15) is 72.9 Å². The molecule has 2 rings (SSSR count). The molecule has 164 valence electrons. The molecular weight excluding hydrogens is 362 g/mol. The highest BCUT2D eigenvalue weighted by molar-refractivity contribution is 5.85. The average molecular weight is 404 g/mol. The molecule has 1 atom stereocenters. The van der Waals surface area contributed by atoms with Gasteiger partial charge in [0.15, 0.2) is 0 Å². The van der Waals surface area contributed by atoms with E-state index in [0.717, 1.165) is 25.0 Å². The van der Waals surface area contributed by atoms with E-state index in [0.29, 0.717) is 31.3 Å². The first-order valence-electron chi connectivity index (χ1n) is 11.1. The number of carbonyl (C=O) groups is 2. The molecule has 5 nitrogen and oxygen atoms in total. The maximum atomic E-state index is 13.2. The fourth-order valence-corrected chi connectivity index (χ4v) is 4.14. The molecule has 1 aromatic heterocycles. The predicted molar refractivity (Wildman–Crippen MR) is 118 cm³/mol. The Morgan fingerprint density at radius 3 is 2.31 bits per heavy atom. The number of hydrogen-bond acceptors (Lipinski definition) is 2. The van der Waals surface area contributed by atoms with Crippen LogP contribution in [0.4, 0.5) is 0 Å². The van der Waals surface area contributed by atoms with Crippen LogP contribution in [0.25, 0.3) is 0 Å². The SMILES string of the molecule is CC(C)CN(Cc1cccn1C)C(=O)CN(C(=O)C[C@H](C)CC(C)(C)C)C1CC1. The lowest BCUT2D eigenvalue weighted by Gasteiger charge is -2.30. The Hall–Kier alpha value is -1.78. The smallest absolute Gasteiger partial charge is 0.242 e. The molecule has 0 radical (unpaired) electrons. The van der Waals surface area contributed by atoms with Crippen LogP contribution in [0.15, 0.2) is 18.3 Å². The standard InChI is InChI=1S/C24H41N3O2/c1-18(2)15-26(16-21-9-8-12-25(21)7)23(29)17-27(20-10-11-20)22(28)13-19(3)14-24(4,5)6/h8-9,12,18-20H,10-11,13-17H2,1-7H3/t19-/m0/s1. The summed E-state index contributed by atoms with van der Waals surface area (Å²) in [5.41, 5.74) is 1.32. The zero-order valence-corrected chi connectivity index (χ0v) is 19.6. The Bertz CT molecular complexity index is 683. The normalized spacial score (nSPS) is 15.4. The number of aromatic nitrogens is 1. The molecule has 0 spiro atoms. The topological polar surface area (TPSA) is 45.6 Å². The first-order valence-corrected chi connectivity index (χ1v) is 11.1. The summed E-state index contributed by atoms with van der Waals surface area (Å²) in [7, 11) is 2.00. The van der Waals surface area contributed by atoms with Crippen LogP contribution in [-0.4, -0.2) is 45.3 Å². The highest BCUT2D eigenvalue weighted by atomic mass is 16.2. The maximum absolute atomic E-state index is 13.2. The van der Waals surface area contributed by atoms with Gasteiger partial charge in [-0.15, -0.1) is 0 Å². The van der Waals surface area contributed by atoms with Crippen molar-refractivity contribution in [3.8, 4) is 0 Å². The molecule has 0 unspecified atom stereocenters. The number of rotatable bonds is 10. The van der Waals surface area contributed by atoms with Crippen molar-refractivity contribution in [2.75, 3.05) is 13.1 Å². The Morgan fingerprint density at radius 2 is 1.83 bits per heavy atom. The Morgan fingerprint density at radius 1 is 1.17 bits per heavy atom. The monoisotopic (exact) mass is 403 g/mol.